The van der Waals surface area contributed by atoms with Crippen LogP contribution in [-0.2, 0) is 6.42 Å². The first-order chi connectivity index (χ1) is 9.11. The molecule has 2 aromatic heterocycles. The summed E-state index contributed by atoms with van der Waals surface area (Å²) in [7, 11) is 1.85. The monoisotopic (exact) mass is 263 g/mol. The third-order valence-corrected chi connectivity index (χ3v) is 2.98. The number of hydrogen-bond donors (Lipinski definition) is 1. The molecule has 1 atom stereocenters. The Labute approximate surface area is 111 Å². The van der Waals surface area contributed by atoms with Crippen LogP contribution in [0.15, 0.2) is 24.7 Å². The van der Waals surface area contributed by atoms with E-state index in [9.17, 15) is 4.39 Å². The Balaban J connectivity index is 2.19. The molecule has 0 saturated carbocycles. The van der Waals surface area contributed by atoms with Crippen LogP contribution >= 0.6 is 0 Å². The van der Waals surface area contributed by atoms with Gasteiger partial charge in [-0.2, -0.15) is 5.10 Å². The minimum Gasteiger partial charge on any atom is -0.311 e. The lowest BCUT2D eigenvalue weighted by molar-refractivity contribution is 0.473. The first-order valence-corrected chi connectivity index (χ1v) is 6.29. The first-order valence-electron chi connectivity index (χ1n) is 6.29. The molecule has 2 aromatic rings. The third-order valence-electron chi connectivity index (χ3n) is 2.98. The Hall–Kier alpha value is -1.82. The van der Waals surface area contributed by atoms with Crippen LogP contribution in [0, 0.1) is 5.82 Å². The largest absolute Gasteiger partial charge is 0.311 e. The summed E-state index contributed by atoms with van der Waals surface area (Å²) in [5.41, 5.74) is 0.794. The predicted octanol–water partition coefficient (Wildman–Crippen LogP) is 1.90. The molecule has 2 rings (SSSR count). The van der Waals surface area contributed by atoms with E-state index in [4.69, 9.17) is 0 Å². The van der Waals surface area contributed by atoms with Crippen LogP contribution in [0.2, 0.25) is 0 Å². The highest BCUT2D eigenvalue weighted by Gasteiger charge is 2.16. The van der Waals surface area contributed by atoms with Crippen LogP contribution in [-0.4, -0.2) is 26.8 Å². The van der Waals surface area contributed by atoms with Crippen molar-refractivity contribution in [1.29, 1.82) is 0 Å². The van der Waals surface area contributed by atoms with Gasteiger partial charge in [-0.25, -0.2) is 14.1 Å². The van der Waals surface area contributed by atoms with E-state index in [2.05, 4.69) is 34.2 Å². The van der Waals surface area contributed by atoms with Crippen molar-refractivity contribution in [2.24, 2.45) is 0 Å². The lowest BCUT2D eigenvalue weighted by Crippen LogP contribution is -2.22. The van der Waals surface area contributed by atoms with Gasteiger partial charge in [0.05, 0.1) is 17.9 Å². The van der Waals surface area contributed by atoms with Crippen LogP contribution in [0.25, 0.3) is 0 Å². The van der Waals surface area contributed by atoms with Crippen LogP contribution in [0.3, 0.4) is 0 Å². The Morgan fingerprint density at radius 3 is 2.68 bits per heavy atom. The van der Waals surface area contributed by atoms with Gasteiger partial charge in [-0.3, -0.25) is 4.98 Å². The number of hydrogen-bond acceptors (Lipinski definition) is 4. The molecule has 0 fully saturated rings. The van der Waals surface area contributed by atoms with Crippen LogP contribution < -0.4 is 5.32 Å². The fraction of sp³-hybridized carbons (Fsp3) is 0.462. The molecular weight excluding hydrogens is 245 g/mol. The maximum atomic E-state index is 12.9. The Morgan fingerprint density at radius 1 is 1.32 bits per heavy atom. The summed E-state index contributed by atoms with van der Waals surface area (Å²) in [5, 5.41) is 7.38. The highest BCUT2D eigenvalue weighted by molar-refractivity contribution is 5.11. The van der Waals surface area contributed by atoms with E-state index in [0.29, 0.717) is 6.42 Å². The summed E-state index contributed by atoms with van der Waals surface area (Å²) in [6.45, 7) is 4.12. The molecule has 0 aliphatic rings. The van der Waals surface area contributed by atoms with Gasteiger partial charge in [0.1, 0.15) is 18.0 Å². The van der Waals surface area contributed by atoms with Gasteiger partial charge in [0.15, 0.2) is 0 Å². The number of aromatic nitrogens is 4. The Kier molecular flexibility index (Phi) is 4.21. The van der Waals surface area contributed by atoms with Crippen molar-refractivity contribution < 1.29 is 4.39 Å². The topological polar surface area (TPSA) is 55.6 Å². The minimum atomic E-state index is -0.330. The number of nitrogens with zero attached hydrogens (tertiary/aromatic N) is 4. The first kappa shape index (κ1) is 13.6. The van der Waals surface area contributed by atoms with Crippen molar-refractivity contribution in [3.8, 4) is 0 Å². The maximum Gasteiger partial charge on any atom is 0.141 e. The molecular formula is C13H18FN5. The van der Waals surface area contributed by atoms with E-state index in [0.717, 1.165) is 11.5 Å². The average Bonchev–Trinajstić information content (AvgIpc) is 2.85. The number of pyridine rings is 1. The van der Waals surface area contributed by atoms with Gasteiger partial charge in [-0.15, -0.1) is 0 Å². The molecule has 5 nitrogen and oxygen atoms in total. The SMILES string of the molecule is CNC(Cc1ncnn1C(C)C)c1ccc(F)cn1. The van der Waals surface area contributed by atoms with Crippen molar-refractivity contribution in [3.63, 3.8) is 0 Å². The molecule has 0 saturated heterocycles. The molecule has 0 radical (unpaired) electrons. The molecule has 0 bridgehead atoms. The van der Waals surface area contributed by atoms with Crippen molar-refractivity contribution in [2.75, 3.05) is 7.05 Å². The van der Waals surface area contributed by atoms with Gasteiger partial charge in [-0.05, 0) is 33.0 Å². The van der Waals surface area contributed by atoms with Crippen LogP contribution in [0.1, 0.15) is 37.4 Å². The van der Waals surface area contributed by atoms with E-state index < -0.39 is 0 Å². The number of likely N-dealkylation sites (N-methyl/N-ethyl adjacent to an activating group) is 1. The Bertz CT molecular complexity index is 520. The van der Waals surface area contributed by atoms with Gasteiger partial charge in [0, 0.05) is 12.5 Å². The summed E-state index contributed by atoms with van der Waals surface area (Å²) >= 11 is 0. The Morgan fingerprint density at radius 2 is 2.11 bits per heavy atom. The molecule has 0 aliphatic carbocycles. The second-order valence-corrected chi connectivity index (χ2v) is 4.66. The highest BCUT2D eigenvalue weighted by Crippen LogP contribution is 2.16. The average molecular weight is 263 g/mol. The van der Waals surface area contributed by atoms with Crippen LogP contribution in [0.4, 0.5) is 4.39 Å². The highest BCUT2D eigenvalue weighted by atomic mass is 19.1. The third kappa shape index (κ3) is 3.14. The van der Waals surface area contributed by atoms with E-state index >= 15 is 0 Å². The molecule has 1 unspecified atom stereocenters. The summed E-state index contributed by atoms with van der Waals surface area (Å²) in [6.07, 6.45) is 3.44. The van der Waals surface area contributed by atoms with E-state index in [1.165, 1.54) is 12.3 Å². The molecule has 0 aliphatic heterocycles. The maximum absolute atomic E-state index is 12.9. The summed E-state index contributed by atoms with van der Waals surface area (Å²) in [4.78, 5) is 8.39. The molecule has 102 valence electrons. The normalized spacial score (nSPS) is 12.9. The zero-order valence-corrected chi connectivity index (χ0v) is 11.3. The minimum absolute atomic E-state index is 0.0118. The second kappa shape index (κ2) is 5.88. The van der Waals surface area contributed by atoms with Crippen molar-refractivity contribution in [2.45, 2.75) is 32.4 Å². The van der Waals surface area contributed by atoms with Crippen molar-refractivity contribution in [1.82, 2.24) is 25.1 Å². The number of halogens is 1. The zero-order valence-electron chi connectivity index (χ0n) is 11.3. The molecule has 0 spiro atoms. The molecule has 19 heavy (non-hydrogen) atoms. The lowest BCUT2D eigenvalue weighted by Gasteiger charge is -2.16. The van der Waals surface area contributed by atoms with E-state index in [1.54, 1.807) is 12.4 Å². The van der Waals surface area contributed by atoms with Gasteiger partial charge in [0.2, 0.25) is 0 Å². The van der Waals surface area contributed by atoms with Crippen molar-refractivity contribution >= 4 is 0 Å². The zero-order chi connectivity index (χ0) is 13.8. The number of rotatable bonds is 5. The summed E-state index contributed by atoms with van der Waals surface area (Å²) < 4.78 is 14.8. The van der Waals surface area contributed by atoms with Crippen molar-refractivity contribution in [3.05, 3.63) is 42.0 Å². The fourth-order valence-corrected chi connectivity index (χ4v) is 1.98. The molecule has 1 N–H and O–H groups in total. The summed E-state index contributed by atoms with van der Waals surface area (Å²) in [5.74, 6) is 0.560. The fourth-order valence-electron chi connectivity index (χ4n) is 1.98. The molecule has 6 heteroatoms. The van der Waals surface area contributed by atoms with Gasteiger partial charge >= 0.3 is 0 Å². The van der Waals surface area contributed by atoms with Crippen LogP contribution in [0.5, 0.6) is 0 Å². The lowest BCUT2D eigenvalue weighted by atomic mass is 10.1. The summed E-state index contributed by atoms with van der Waals surface area (Å²) in [6, 6.07) is 3.35. The molecule has 0 amide bonds. The van der Waals surface area contributed by atoms with E-state index in [1.807, 2.05) is 11.7 Å². The van der Waals surface area contributed by atoms with E-state index in [-0.39, 0.29) is 17.9 Å². The van der Waals surface area contributed by atoms with Gasteiger partial charge in [-0.1, -0.05) is 0 Å². The second-order valence-electron chi connectivity index (χ2n) is 4.66. The molecule has 0 aromatic carbocycles. The molecule has 2 heterocycles. The number of nitrogens with one attached hydrogen (secondary N) is 1. The standard InChI is InChI=1S/C13H18FN5/c1-9(2)19-13(17-8-18-19)6-12(15-3)11-5-4-10(14)7-16-11/h4-5,7-9,12,15H,6H2,1-3H3. The predicted molar refractivity (Wildman–Crippen MR) is 70.1 cm³/mol. The van der Waals surface area contributed by atoms with Gasteiger partial charge < -0.3 is 5.32 Å². The quantitative estimate of drug-likeness (QED) is 0.895. The smallest absolute Gasteiger partial charge is 0.141 e. The van der Waals surface area contributed by atoms with Gasteiger partial charge in [0.25, 0.3) is 0 Å².